The van der Waals surface area contributed by atoms with Crippen molar-refractivity contribution in [2.24, 2.45) is 0 Å². The zero-order chi connectivity index (χ0) is 8.97. The molecule has 0 bridgehead atoms. The molecule has 2 rings (SSSR count). The summed E-state index contributed by atoms with van der Waals surface area (Å²) in [6.45, 7) is 6.08. The number of nitrogens with one attached hydrogen (secondary N) is 1. The molecule has 2 nitrogen and oxygen atoms in total. The van der Waals surface area contributed by atoms with Crippen molar-refractivity contribution in [3.63, 3.8) is 0 Å². The molecular weight excluding hydrogens is 148 g/mol. The van der Waals surface area contributed by atoms with Crippen LogP contribution < -0.4 is 0 Å². The molecule has 1 aromatic carbocycles. The van der Waals surface area contributed by atoms with Gasteiger partial charge in [-0.2, -0.15) is 5.10 Å². The fourth-order valence-corrected chi connectivity index (χ4v) is 1.12. The Labute approximate surface area is 74.1 Å². The van der Waals surface area contributed by atoms with Crippen molar-refractivity contribution in [1.82, 2.24) is 10.2 Å². The molecule has 1 N–H and O–H groups in total. The predicted octanol–water partition coefficient (Wildman–Crippen LogP) is 3.14. The van der Waals surface area contributed by atoms with E-state index in [1.165, 1.54) is 10.9 Å². The molecule has 12 heavy (non-hydrogen) atoms. The summed E-state index contributed by atoms with van der Waals surface area (Å²) in [5.41, 5.74) is 2.38. The van der Waals surface area contributed by atoms with Gasteiger partial charge in [-0.3, -0.25) is 5.10 Å². The van der Waals surface area contributed by atoms with Crippen LogP contribution in [-0.4, -0.2) is 10.2 Å². The van der Waals surface area contributed by atoms with Crippen molar-refractivity contribution in [2.75, 3.05) is 0 Å². The molecule has 0 aliphatic carbocycles. The lowest BCUT2D eigenvalue weighted by Crippen LogP contribution is -1.71. The molecule has 0 unspecified atom stereocenters. The van der Waals surface area contributed by atoms with Gasteiger partial charge in [-0.05, 0) is 18.6 Å². The lowest BCUT2D eigenvalue weighted by molar-refractivity contribution is 1.12. The van der Waals surface area contributed by atoms with Gasteiger partial charge in [0, 0.05) is 6.81 Å². The molecule has 0 aliphatic heterocycles. The van der Waals surface area contributed by atoms with Crippen molar-refractivity contribution in [3.8, 4) is 0 Å². The second-order valence-electron chi connectivity index (χ2n) is 2.41. The number of hydrogen-bond acceptors (Lipinski definition) is 1. The minimum Gasteiger partial charge on any atom is -0.278 e. The Balaban J connectivity index is 0.000000451. The van der Waals surface area contributed by atoms with Gasteiger partial charge >= 0.3 is 0 Å². The van der Waals surface area contributed by atoms with Gasteiger partial charge in [0.2, 0.25) is 0 Å². The third kappa shape index (κ3) is 1.47. The summed E-state index contributed by atoms with van der Waals surface area (Å²) in [6.07, 6.45) is 1.85. The molecule has 0 radical (unpaired) electrons. The fraction of sp³-hybridized carbons (Fsp3) is 0.300. The highest BCUT2D eigenvalue weighted by Gasteiger charge is 1.94. The van der Waals surface area contributed by atoms with Crippen molar-refractivity contribution in [1.29, 1.82) is 0 Å². The highest BCUT2D eigenvalue weighted by molar-refractivity contribution is 5.81. The number of H-pyrrole nitrogens is 1. The first-order valence-corrected chi connectivity index (χ1v) is 4.26. The first kappa shape index (κ1) is 8.78. The standard InChI is InChI=1S/C8H8N2.C2H6.H2/c1-6-3-2-4-8-7(6)5-9-10-8;1-2;/h2-5H,1H3,(H,9,10);1-2H3;1H. The van der Waals surface area contributed by atoms with E-state index < -0.39 is 0 Å². The van der Waals surface area contributed by atoms with Crippen molar-refractivity contribution >= 4 is 10.9 Å². The molecule has 1 heterocycles. The van der Waals surface area contributed by atoms with Crippen LogP contribution >= 0.6 is 0 Å². The minimum atomic E-state index is 0. The van der Waals surface area contributed by atoms with Crippen LogP contribution in [0.25, 0.3) is 10.9 Å². The van der Waals surface area contributed by atoms with E-state index in [9.17, 15) is 0 Å². The Hall–Kier alpha value is -1.31. The lowest BCUT2D eigenvalue weighted by Gasteiger charge is -1.90. The monoisotopic (exact) mass is 164 g/mol. The smallest absolute Gasteiger partial charge is 0.0652 e. The average molecular weight is 164 g/mol. The number of benzene rings is 1. The maximum absolute atomic E-state index is 3.94. The molecule has 0 amide bonds. The highest BCUT2D eigenvalue weighted by Crippen LogP contribution is 2.13. The SMILES string of the molecule is CC.Cc1cccc2[nH]ncc12.[HH]. The van der Waals surface area contributed by atoms with Gasteiger partial charge in [0.1, 0.15) is 0 Å². The maximum atomic E-state index is 3.94. The average Bonchev–Trinajstić information content (AvgIpc) is 2.57. The van der Waals surface area contributed by atoms with E-state index in [4.69, 9.17) is 0 Å². The zero-order valence-electron chi connectivity index (χ0n) is 7.76. The number of aromatic amines is 1. The fourth-order valence-electron chi connectivity index (χ4n) is 1.12. The molecule has 2 heteroatoms. The largest absolute Gasteiger partial charge is 0.278 e. The summed E-state index contributed by atoms with van der Waals surface area (Å²) >= 11 is 0. The van der Waals surface area contributed by atoms with Crippen LogP contribution in [0.4, 0.5) is 0 Å². The van der Waals surface area contributed by atoms with Crippen LogP contribution in [0.3, 0.4) is 0 Å². The van der Waals surface area contributed by atoms with E-state index in [-0.39, 0.29) is 1.43 Å². The highest BCUT2D eigenvalue weighted by atomic mass is 15.1. The predicted molar refractivity (Wildman–Crippen MR) is 54.3 cm³/mol. The molecule has 0 spiro atoms. The van der Waals surface area contributed by atoms with E-state index in [2.05, 4.69) is 23.2 Å². The molecular formula is C10H16N2. The molecule has 0 atom stereocenters. The van der Waals surface area contributed by atoms with Crippen LogP contribution in [0, 0.1) is 6.92 Å². The van der Waals surface area contributed by atoms with Crippen LogP contribution in [0.2, 0.25) is 0 Å². The molecule has 0 aliphatic rings. The van der Waals surface area contributed by atoms with Gasteiger partial charge in [-0.25, -0.2) is 0 Å². The number of fused-ring (bicyclic) bond motifs is 1. The number of nitrogens with zero attached hydrogens (tertiary/aromatic N) is 1. The summed E-state index contributed by atoms with van der Waals surface area (Å²) in [5.74, 6) is 0. The summed E-state index contributed by atoms with van der Waals surface area (Å²) in [4.78, 5) is 0. The van der Waals surface area contributed by atoms with Gasteiger partial charge in [0.15, 0.2) is 0 Å². The van der Waals surface area contributed by atoms with Crippen molar-refractivity contribution in [2.45, 2.75) is 20.8 Å². The van der Waals surface area contributed by atoms with E-state index >= 15 is 0 Å². The van der Waals surface area contributed by atoms with Crippen LogP contribution in [-0.2, 0) is 0 Å². The second kappa shape index (κ2) is 3.90. The molecule has 1 aromatic heterocycles. The van der Waals surface area contributed by atoms with E-state index in [0.717, 1.165) is 5.52 Å². The quantitative estimate of drug-likeness (QED) is 0.636. The maximum Gasteiger partial charge on any atom is 0.0652 e. The minimum absolute atomic E-state index is 0. The summed E-state index contributed by atoms with van der Waals surface area (Å²) < 4.78 is 0. The third-order valence-corrected chi connectivity index (χ3v) is 1.70. The summed E-state index contributed by atoms with van der Waals surface area (Å²) in [7, 11) is 0. The van der Waals surface area contributed by atoms with Gasteiger partial charge in [0.25, 0.3) is 0 Å². The summed E-state index contributed by atoms with van der Waals surface area (Å²) in [6, 6.07) is 6.13. The lowest BCUT2D eigenvalue weighted by atomic mass is 10.2. The molecule has 0 saturated heterocycles. The number of aromatic nitrogens is 2. The topological polar surface area (TPSA) is 28.7 Å². The van der Waals surface area contributed by atoms with Crippen molar-refractivity contribution in [3.05, 3.63) is 30.0 Å². The number of aryl methyl sites for hydroxylation is 1. The Morgan fingerprint density at radius 1 is 1.33 bits per heavy atom. The van der Waals surface area contributed by atoms with Gasteiger partial charge in [0.05, 0.1) is 11.7 Å². The summed E-state index contributed by atoms with van der Waals surface area (Å²) in [5, 5.41) is 8.06. The van der Waals surface area contributed by atoms with Crippen LogP contribution in [0.15, 0.2) is 24.4 Å². The Bertz CT molecular complexity index is 354. The van der Waals surface area contributed by atoms with Gasteiger partial charge in [-0.15, -0.1) is 0 Å². The molecule has 2 aromatic rings. The Kier molecular flexibility index (Phi) is 2.86. The van der Waals surface area contributed by atoms with Crippen molar-refractivity contribution < 1.29 is 1.43 Å². The first-order chi connectivity index (χ1) is 5.88. The van der Waals surface area contributed by atoms with Crippen LogP contribution in [0.1, 0.15) is 20.8 Å². The zero-order valence-corrected chi connectivity index (χ0v) is 7.76. The Morgan fingerprint density at radius 3 is 2.75 bits per heavy atom. The van der Waals surface area contributed by atoms with Gasteiger partial charge < -0.3 is 0 Å². The number of rotatable bonds is 0. The van der Waals surface area contributed by atoms with E-state index in [0.29, 0.717) is 0 Å². The first-order valence-electron chi connectivity index (χ1n) is 4.26. The third-order valence-electron chi connectivity index (χ3n) is 1.70. The molecule has 0 fully saturated rings. The van der Waals surface area contributed by atoms with E-state index in [1.807, 2.05) is 32.2 Å². The van der Waals surface area contributed by atoms with E-state index in [1.54, 1.807) is 0 Å². The van der Waals surface area contributed by atoms with Crippen LogP contribution in [0.5, 0.6) is 0 Å². The van der Waals surface area contributed by atoms with Gasteiger partial charge in [-0.1, -0.05) is 26.0 Å². The Morgan fingerprint density at radius 2 is 2.08 bits per heavy atom. The molecule has 0 saturated carbocycles. The number of hydrogen-bond donors (Lipinski definition) is 1. The normalized spacial score (nSPS) is 9.25. The second-order valence-corrected chi connectivity index (χ2v) is 2.41. The molecule has 66 valence electrons.